The Bertz CT molecular complexity index is 1060. The summed E-state index contributed by atoms with van der Waals surface area (Å²) in [5.41, 5.74) is 4.99. The largest absolute Gasteiger partial charge is 0.497 e. The number of dihydropyridines is 1. The van der Waals surface area contributed by atoms with Crippen LogP contribution in [0.1, 0.15) is 25.3 Å². The molecule has 0 spiro atoms. The number of nitrogens with zero attached hydrogens (tertiary/aromatic N) is 1. The molecule has 1 atom stereocenters. The molecule has 1 aliphatic heterocycles. The van der Waals surface area contributed by atoms with E-state index in [0.29, 0.717) is 6.61 Å². The molecule has 3 heterocycles. The molecule has 0 saturated carbocycles. The maximum atomic E-state index is 11.8. The second-order valence-corrected chi connectivity index (χ2v) is 7.00. The normalized spacial score (nSPS) is 16.1. The number of carbonyl (C=O) groups excluding carboxylic acids is 1. The number of furan rings is 1. The molecule has 2 aromatic heterocycles. The lowest BCUT2D eigenvalue weighted by atomic mass is 9.96. The standard InChI is InChI=1S/C23H24N2O4/c1-3-29-22(26)12-17-6-4-5-16(24-17)11-20-19-8-7-18(27-2)13-21(19)25-23(20)15-9-10-28-14-15/h4,6-10,13-14,16,25H,3,5,11-12H2,1-2H3. The van der Waals surface area contributed by atoms with Gasteiger partial charge in [-0.25, -0.2) is 0 Å². The zero-order chi connectivity index (χ0) is 20.2. The van der Waals surface area contributed by atoms with Crippen LogP contribution in [-0.4, -0.2) is 36.4 Å². The number of benzene rings is 1. The molecule has 0 saturated heterocycles. The van der Waals surface area contributed by atoms with Crippen molar-refractivity contribution in [1.29, 1.82) is 0 Å². The summed E-state index contributed by atoms with van der Waals surface area (Å²) in [5, 5.41) is 1.14. The summed E-state index contributed by atoms with van der Waals surface area (Å²) in [6.07, 6.45) is 9.21. The number of rotatable bonds is 7. The predicted molar refractivity (Wildman–Crippen MR) is 112 cm³/mol. The number of allylic oxidation sites excluding steroid dienone is 1. The highest BCUT2D eigenvalue weighted by Gasteiger charge is 2.20. The van der Waals surface area contributed by atoms with E-state index in [4.69, 9.17) is 18.9 Å². The molecule has 1 unspecified atom stereocenters. The Morgan fingerprint density at radius 3 is 3.00 bits per heavy atom. The van der Waals surface area contributed by atoms with Gasteiger partial charge in [-0.05, 0) is 49.6 Å². The van der Waals surface area contributed by atoms with Gasteiger partial charge in [0, 0.05) is 28.2 Å². The minimum absolute atomic E-state index is 0.0659. The first-order chi connectivity index (χ1) is 14.2. The molecule has 6 heteroatoms. The molecule has 1 aromatic carbocycles. The van der Waals surface area contributed by atoms with E-state index in [1.54, 1.807) is 19.6 Å². The smallest absolute Gasteiger partial charge is 0.311 e. The van der Waals surface area contributed by atoms with Crippen LogP contribution in [0.25, 0.3) is 22.2 Å². The molecule has 0 bridgehead atoms. The average molecular weight is 392 g/mol. The van der Waals surface area contributed by atoms with Crippen molar-refractivity contribution in [1.82, 2.24) is 4.98 Å². The molecule has 29 heavy (non-hydrogen) atoms. The van der Waals surface area contributed by atoms with Gasteiger partial charge in [0.1, 0.15) is 5.75 Å². The third-order valence-corrected chi connectivity index (χ3v) is 5.06. The summed E-state index contributed by atoms with van der Waals surface area (Å²) in [6, 6.07) is 8.05. The molecular formula is C23H24N2O4. The highest BCUT2D eigenvalue weighted by Crippen LogP contribution is 2.34. The SMILES string of the molecule is CCOC(=O)CC1=NC(Cc2c(-c3ccoc3)[nH]c3cc(OC)ccc23)CC=C1. The van der Waals surface area contributed by atoms with E-state index in [1.165, 1.54) is 5.56 Å². The van der Waals surface area contributed by atoms with Crippen LogP contribution in [0, 0.1) is 0 Å². The Hall–Kier alpha value is -3.28. The lowest BCUT2D eigenvalue weighted by Crippen LogP contribution is -2.18. The fraction of sp³-hybridized carbons (Fsp3) is 0.304. The van der Waals surface area contributed by atoms with E-state index < -0.39 is 0 Å². The first-order valence-corrected chi connectivity index (χ1v) is 9.78. The second-order valence-electron chi connectivity index (χ2n) is 7.00. The molecule has 150 valence electrons. The van der Waals surface area contributed by atoms with Crippen LogP contribution in [-0.2, 0) is 16.0 Å². The number of H-pyrrole nitrogens is 1. The Labute approximate surface area is 169 Å². The summed E-state index contributed by atoms with van der Waals surface area (Å²) in [6.45, 7) is 2.19. The Balaban J connectivity index is 1.66. The highest BCUT2D eigenvalue weighted by molar-refractivity contribution is 6.06. The van der Waals surface area contributed by atoms with Crippen LogP contribution in [0.5, 0.6) is 5.75 Å². The van der Waals surface area contributed by atoms with Gasteiger partial charge >= 0.3 is 5.97 Å². The van der Waals surface area contributed by atoms with Gasteiger partial charge in [0.05, 0.1) is 44.4 Å². The van der Waals surface area contributed by atoms with Crippen molar-refractivity contribution >= 4 is 22.6 Å². The summed E-state index contributed by atoms with van der Waals surface area (Å²) in [5.74, 6) is 0.564. The molecule has 1 N–H and O–H groups in total. The van der Waals surface area contributed by atoms with Crippen molar-refractivity contribution < 1.29 is 18.7 Å². The topological polar surface area (TPSA) is 76.8 Å². The lowest BCUT2D eigenvalue weighted by Gasteiger charge is -2.17. The van der Waals surface area contributed by atoms with E-state index in [2.05, 4.69) is 17.1 Å². The molecule has 1 aliphatic rings. The minimum atomic E-state index is -0.241. The van der Waals surface area contributed by atoms with Gasteiger partial charge in [0.15, 0.2) is 0 Å². The number of aromatic amines is 1. The first kappa shape index (κ1) is 19.1. The number of aliphatic imine (C=N–C) groups is 1. The number of carbonyl (C=O) groups is 1. The fourth-order valence-electron chi connectivity index (χ4n) is 3.75. The molecule has 0 radical (unpaired) electrons. The number of aromatic nitrogens is 1. The van der Waals surface area contributed by atoms with E-state index in [-0.39, 0.29) is 18.4 Å². The van der Waals surface area contributed by atoms with Crippen LogP contribution >= 0.6 is 0 Å². The lowest BCUT2D eigenvalue weighted by molar-refractivity contribution is -0.141. The maximum Gasteiger partial charge on any atom is 0.311 e. The zero-order valence-electron chi connectivity index (χ0n) is 16.6. The van der Waals surface area contributed by atoms with Crippen molar-refractivity contribution in [2.24, 2.45) is 4.99 Å². The van der Waals surface area contributed by atoms with Gasteiger partial charge in [0.25, 0.3) is 0 Å². The van der Waals surface area contributed by atoms with E-state index >= 15 is 0 Å². The van der Waals surface area contributed by atoms with E-state index in [1.807, 2.05) is 31.2 Å². The first-order valence-electron chi connectivity index (χ1n) is 9.78. The number of hydrogen-bond donors (Lipinski definition) is 1. The number of esters is 1. The second kappa shape index (κ2) is 8.39. The van der Waals surface area contributed by atoms with E-state index in [0.717, 1.165) is 46.5 Å². The van der Waals surface area contributed by atoms with Gasteiger partial charge in [-0.15, -0.1) is 0 Å². The van der Waals surface area contributed by atoms with Crippen molar-refractivity contribution in [2.75, 3.05) is 13.7 Å². The minimum Gasteiger partial charge on any atom is -0.497 e. The monoisotopic (exact) mass is 392 g/mol. The summed E-state index contributed by atoms with van der Waals surface area (Å²) >= 11 is 0. The number of methoxy groups -OCH3 is 1. The predicted octanol–water partition coefficient (Wildman–Crippen LogP) is 4.70. The molecular weight excluding hydrogens is 368 g/mol. The number of nitrogens with one attached hydrogen (secondary N) is 1. The van der Waals surface area contributed by atoms with Crippen molar-refractivity contribution in [3.8, 4) is 17.0 Å². The van der Waals surface area contributed by atoms with Crippen LogP contribution in [0.15, 0.2) is 58.4 Å². The van der Waals surface area contributed by atoms with Gasteiger partial charge in [-0.2, -0.15) is 0 Å². The van der Waals surface area contributed by atoms with Crippen LogP contribution in [0.3, 0.4) is 0 Å². The molecule has 4 rings (SSSR count). The molecule has 0 amide bonds. The maximum absolute atomic E-state index is 11.8. The molecule has 3 aromatic rings. The van der Waals surface area contributed by atoms with Crippen molar-refractivity contribution in [3.05, 3.63) is 54.5 Å². The Kier molecular flexibility index (Phi) is 5.51. The number of ether oxygens (including phenoxy) is 2. The van der Waals surface area contributed by atoms with E-state index in [9.17, 15) is 4.79 Å². The summed E-state index contributed by atoms with van der Waals surface area (Å²) in [4.78, 5) is 20.1. The Morgan fingerprint density at radius 2 is 2.24 bits per heavy atom. The van der Waals surface area contributed by atoms with Crippen LogP contribution < -0.4 is 4.74 Å². The zero-order valence-corrected chi connectivity index (χ0v) is 16.6. The van der Waals surface area contributed by atoms with Crippen molar-refractivity contribution in [2.45, 2.75) is 32.2 Å². The highest BCUT2D eigenvalue weighted by atomic mass is 16.5. The van der Waals surface area contributed by atoms with Crippen LogP contribution in [0.2, 0.25) is 0 Å². The van der Waals surface area contributed by atoms with Crippen LogP contribution in [0.4, 0.5) is 0 Å². The van der Waals surface area contributed by atoms with Gasteiger partial charge in [-0.3, -0.25) is 9.79 Å². The molecule has 6 nitrogen and oxygen atoms in total. The number of hydrogen-bond acceptors (Lipinski definition) is 5. The Morgan fingerprint density at radius 1 is 1.34 bits per heavy atom. The van der Waals surface area contributed by atoms with Gasteiger partial charge in [0.2, 0.25) is 0 Å². The van der Waals surface area contributed by atoms with Gasteiger partial charge in [-0.1, -0.05) is 6.08 Å². The molecule has 0 aliphatic carbocycles. The van der Waals surface area contributed by atoms with Gasteiger partial charge < -0.3 is 18.9 Å². The third-order valence-electron chi connectivity index (χ3n) is 5.06. The average Bonchev–Trinajstić information content (AvgIpc) is 3.36. The summed E-state index contributed by atoms with van der Waals surface area (Å²) in [7, 11) is 1.66. The third kappa shape index (κ3) is 4.11. The van der Waals surface area contributed by atoms with Crippen molar-refractivity contribution in [3.63, 3.8) is 0 Å². The molecule has 0 fully saturated rings. The number of fused-ring (bicyclic) bond motifs is 1. The fourth-order valence-corrected chi connectivity index (χ4v) is 3.75. The summed E-state index contributed by atoms with van der Waals surface area (Å²) < 4.78 is 15.7. The quantitative estimate of drug-likeness (QED) is 0.591.